The molecule has 34 heavy (non-hydrogen) atoms. The Kier molecular flexibility index (Phi) is 8.34. The van der Waals surface area contributed by atoms with Gasteiger partial charge in [-0.15, -0.1) is 0 Å². The number of rotatable bonds is 10. The van der Waals surface area contributed by atoms with Gasteiger partial charge in [-0.1, -0.05) is 42.5 Å². The van der Waals surface area contributed by atoms with Crippen LogP contribution in [0.1, 0.15) is 39.0 Å². The highest BCUT2D eigenvalue weighted by Gasteiger charge is 2.21. The zero-order valence-corrected chi connectivity index (χ0v) is 21.0. The molecule has 3 rings (SSSR count). The summed E-state index contributed by atoms with van der Waals surface area (Å²) in [6, 6.07) is 20.7. The number of aryl methyl sites for hydroxylation is 3. The van der Waals surface area contributed by atoms with Crippen LogP contribution in [0.3, 0.4) is 0 Å². The number of nitrogens with zero attached hydrogens (tertiary/aromatic N) is 1. The molecule has 0 heterocycles. The summed E-state index contributed by atoms with van der Waals surface area (Å²) in [4.78, 5) is 12.5. The Balaban J connectivity index is 1.59. The standard InChI is InChI=1S/C27H32N2O4S/c1-20-7-5-8-21(2)26(20)29(34(4,31)32)19-23-10-14-24(15-11-23)27(30)28-18-6-9-22-12-16-25(33-3)17-13-22/h5,7-8,10-17H,6,9,18-19H2,1-4H3,(H,28,30). The minimum Gasteiger partial charge on any atom is -0.497 e. The maximum absolute atomic E-state index is 12.6. The molecule has 3 aromatic rings. The zero-order valence-electron chi connectivity index (χ0n) is 20.2. The number of carbonyl (C=O) groups is 1. The largest absolute Gasteiger partial charge is 0.497 e. The van der Waals surface area contributed by atoms with Crippen LogP contribution in [-0.2, 0) is 23.0 Å². The lowest BCUT2D eigenvalue weighted by Gasteiger charge is -2.26. The first-order chi connectivity index (χ1) is 16.2. The Hall–Kier alpha value is -3.32. The molecule has 0 fully saturated rings. The summed E-state index contributed by atoms with van der Waals surface area (Å²) in [5.41, 5.74) is 5.05. The number of benzene rings is 3. The number of nitrogens with one attached hydrogen (secondary N) is 1. The highest BCUT2D eigenvalue weighted by atomic mass is 32.2. The fourth-order valence-electron chi connectivity index (χ4n) is 3.88. The van der Waals surface area contributed by atoms with E-state index in [2.05, 4.69) is 5.32 Å². The molecular formula is C27H32N2O4S. The normalized spacial score (nSPS) is 11.2. The van der Waals surface area contributed by atoms with Crippen molar-refractivity contribution in [1.82, 2.24) is 5.32 Å². The van der Waals surface area contributed by atoms with E-state index in [0.29, 0.717) is 17.8 Å². The van der Waals surface area contributed by atoms with Gasteiger partial charge >= 0.3 is 0 Å². The predicted molar refractivity (Wildman–Crippen MR) is 137 cm³/mol. The molecule has 0 saturated carbocycles. The molecule has 1 amide bonds. The minimum atomic E-state index is -3.48. The Morgan fingerprint density at radius 2 is 1.50 bits per heavy atom. The molecule has 0 aliphatic carbocycles. The molecule has 3 aromatic carbocycles. The quantitative estimate of drug-likeness (QED) is 0.429. The molecule has 0 spiro atoms. The van der Waals surface area contributed by atoms with Gasteiger partial charge in [-0.3, -0.25) is 9.10 Å². The van der Waals surface area contributed by atoms with Crippen LogP contribution in [0.5, 0.6) is 5.75 Å². The van der Waals surface area contributed by atoms with Gasteiger partial charge in [-0.25, -0.2) is 8.42 Å². The number of hydrogen-bond donors (Lipinski definition) is 1. The van der Waals surface area contributed by atoms with Gasteiger partial charge in [0.15, 0.2) is 0 Å². The van der Waals surface area contributed by atoms with E-state index < -0.39 is 10.0 Å². The van der Waals surface area contributed by atoms with E-state index in [1.54, 1.807) is 31.4 Å². The fourth-order valence-corrected chi connectivity index (χ4v) is 4.88. The van der Waals surface area contributed by atoms with Crippen LogP contribution in [0.25, 0.3) is 0 Å². The van der Waals surface area contributed by atoms with Gasteiger partial charge in [0.05, 0.1) is 25.6 Å². The lowest BCUT2D eigenvalue weighted by atomic mass is 10.1. The zero-order chi connectivity index (χ0) is 24.7. The van der Waals surface area contributed by atoms with Gasteiger partial charge in [0, 0.05) is 12.1 Å². The maximum atomic E-state index is 12.6. The van der Waals surface area contributed by atoms with Crippen molar-refractivity contribution in [3.05, 3.63) is 94.5 Å². The molecular weight excluding hydrogens is 448 g/mol. The van der Waals surface area contributed by atoms with E-state index in [1.807, 2.05) is 56.3 Å². The number of methoxy groups -OCH3 is 1. The molecule has 0 aromatic heterocycles. The molecule has 1 N–H and O–H groups in total. The second-order valence-corrected chi connectivity index (χ2v) is 10.3. The molecule has 0 saturated heterocycles. The third kappa shape index (κ3) is 6.60. The van der Waals surface area contributed by atoms with E-state index in [-0.39, 0.29) is 12.5 Å². The Morgan fingerprint density at radius 1 is 0.912 bits per heavy atom. The summed E-state index contributed by atoms with van der Waals surface area (Å²) in [6.07, 6.45) is 2.91. The van der Waals surface area contributed by atoms with Crippen LogP contribution in [0.4, 0.5) is 5.69 Å². The van der Waals surface area contributed by atoms with Crippen LogP contribution >= 0.6 is 0 Å². The van der Waals surface area contributed by atoms with Crippen molar-refractivity contribution >= 4 is 21.6 Å². The summed E-state index contributed by atoms with van der Waals surface area (Å²) in [5.74, 6) is 0.685. The fraction of sp³-hybridized carbons (Fsp3) is 0.296. The molecule has 0 aliphatic rings. The molecule has 0 aliphatic heterocycles. The summed E-state index contributed by atoms with van der Waals surface area (Å²) < 4.78 is 31.7. The Bertz CT molecular complexity index is 1200. The number of hydrogen-bond acceptors (Lipinski definition) is 4. The summed E-state index contributed by atoms with van der Waals surface area (Å²) in [6.45, 7) is 4.58. The van der Waals surface area contributed by atoms with Gasteiger partial charge < -0.3 is 10.1 Å². The van der Waals surface area contributed by atoms with E-state index in [1.165, 1.54) is 16.1 Å². The van der Waals surface area contributed by atoms with Crippen LogP contribution in [0, 0.1) is 13.8 Å². The number of para-hydroxylation sites is 1. The maximum Gasteiger partial charge on any atom is 0.251 e. The first-order valence-corrected chi connectivity index (χ1v) is 13.1. The van der Waals surface area contributed by atoms with Crippen LogP contribution in [0.2, 0.25) is 0 Å². The topological polar surface area (TPSA) is 75.7 Å². The molecule has 6 nitrogen and oxygen atoms in total. The third-order valence-corrected chi connectivity index (χ3v) is 6.83. The number of anilines is 1. The molecule has 0 atom stereocenters. The van der Waals surface area contributed by atoms with Crippen molar-refractivity contribution in [1.29, 1.82) is 0 Å². The number of carbonyl (C=O) groups excluding carboxylic acids is 1. The SMILES string of the molecule is COc1ccc(CCCNC(=O)c2ccc(CN(c3c(C)cccc3C)S(C)(=O)=O)cc2)cc1. The average Bonchev–Trinajstić information content (AvgIpc) is 2.81. The molecule has 180 valence electrons. The summed E-state index contributed by atoms with van der Waals surface area (Å²) >= 11 is 0. The minimum absolute atomic E-state index is 0.143. The van der Waals surface area contributed by atoms with Crippen LogP contribution in [-0.4, -0.2) is 34.2 Å². The lowest BCUT2D eigenvalue weighted by molar-refractivity contribution is 0.0953. The van der Waals surface area contributed by atoms with E-state index >= 15 is 0 Å². The first-order valence-electron chi connectivity index (χ1n) is 11.2. The second-order valence-electron chi connectivity index (χ2n) is 8.41. The molecule has 0 bridgehead atoms. The molecule has 7 heteroatoms. The van der Waals surface area contributed by atoms with Crippen LogP contribution < -0.4 is 14.4 Å². The van der Waals surface area contributed by atoms with Gasteiger partial charge in [0.25, 0.3) is 5.91 Å². The van der Waals surface area contributed by atoms with Gasteiger partial charge in [-0.2, -0.15) is 0 Å². The monoisotopic (exact) mass is 480 g/mol. The van der Waals surface area contributed by atoms with Gasteiger partial charge in [0.1, 0.15) is 5.75 Å². The van der Waals surface area contributed by atoms with Gasteiger partial charge in [0.2, 0.25) is 10.0 Å². The Labute approximate surface area is 202 Å². The van der Waals surface area contributed by atoms with Crippen molar-refractivity contribution in [2.24, 2.45) is 0 Å². The number of ether oxygens (including phenoxy) is 1. The van der Waals surface area contributed by atoms with Gasteiger partial charge in [-0.05, 0) is 73.2 Å². The highest BCUT2D eigenvalue weighted by molar-refractivity contribution is 7.92. The highest BCUT2D eigenvalue weighted by Crippen LogP contribution is 2.28. The van der Waals surface area contributed by atoms with Crippen molar-refractivity contribution in [3.8, 4) is 5.75 Å². The van der Waals surface area contributed by atoms with Crippen molar-refractivity contribution in [2.75, 3.05) is 24.2 Å². The third-order valence-electron chi connectivity index (χ3n) is 5.72. The van der Waals surface area contributed by atoms with Crippen molar-refractivity contribution in [3.63, 3.8) is 0 Å². The number of amides is 1. The van der Waals surface area contributed by atoms with Crippen LogP contribution in [0.15, 0.2) is 66.7 Å². The average molecular weight is 481 g/mol. The van der Waals surface area contributed by atoms with E-state index in [0.717, 1.165) is 35.3 Å². The first kappa shape index (κ1) is 25.3. The summed E-state index contributed by atoms with van der Waals surface area (Å²) in [7, 11) is -1.84. The Morgan fingerprint density at radius 3 is 2.06 bits per heavy atom. The predicted octanol–water partition coefficient (Wildman–Crippen LogP) is 4.64. The second kappa shape index (κ2) is 11.2. The van der Waals surface area contributed by atoms with Crippen molar-refractivity contribution in [2.45, 2.75) is 33.2 Å². The van der Waals surface area contributed by atoms with Crippen molar-refractivity contribution < 1.29 is 17.9 Å². The molecule has 0 unspecified atom stereocenters. The molecule has 0 radical (unpaired) electrons. The summed E-state index contributed by atoms with van der Waals surface area (Å²) in [5, 5.41) is 2.95. The lowest BCUT2D eigenvalue weighted by Crippen LogP contribution is -2.30. The smallest absolute Gasteiger partial charge is 0.251 e. The number of sulfonamides is 1. The van der Waals surface area contributed by atoms with E-state index in [9.17, 15) is 13.2 Å². The van der Waals surface area contributed by atoms with E-state index in [4.69, 9.17) is 4.74 Å².